The van der Waals surface area contributed by atoms with Crippen LogP contribution in [0.2, 0.25) is 0 Å². The highest BCUT2D eigenvalue weighted by atomic mass is 16.5. The van der Waals surface area contributed by atoms with Crippen LogP contribution in [-0.2, 0) is 27.4 Å². The van der Waals surface area contributed by atoms with Crippen molar-refractivity contribution in [2.24, 2.45) is 0 Å². The van der Waals surface area contributed by atoms with Gasteiger partial charge >= 0.3 is 11.9 Å². The summed E-state index contributed by atoms with van der Waals surface area (Å²) in [6.45, 7) is 2.08. The van der Waals surface area contributed by atoms with Crippen molar-refractivity contribution in [3.63, 3.8) is 0 Å². The van der Waals surface area contributed by atoms with Crippen LogP contribution in [0.15, 0.2) is 36.4 Å². The molecule has 8 bridgehead atoms. The molecular weight excluding hydrogens is 544 g/mol. The second-order valence-electron chi connectivity index (χ2n) is 11.0. The number of nitrogens with zero attached hydrogens (tertiary/aromatic N) is 2. The number of H-pyrrole nitrogens is 2. The zero-order chi connectivity index (χ0) is 30.2. The van der Waals surface area contributed by atoms with E-state index in [2.05, 4.69) is 29.0 Å². The van der Waals surface area contributed by atoms with Crippen molar-refractivity contribution in [2.45, 2.75) is 77.4 Å². The third kappa shape index (κ3) is 7.87. The molecule has 5 rings (SSSR count). The number of aliphatic carboxylic acids is 2. The van der Waals surface area contributed by atoms with Gasteiger partial charge in [0.1, 0.15) is 0 Å². The number of aromatic nitrogens is 4. The van der Waals surface area contributed by atoms with E-state index in [0.717, 1.165) is 46.3 Å². The quantitative estimate of drug-likeness (QED) is 0.100. The second-order valence-corrected chi connectivity index (χ2v) is 11.0. The van der Waals surface area contributed by atoms with Crippen LogP contribution in [0, 0.1) is 0 Å². The predicted molar refractivity (Wildman–Crippen MR) is 169 cm³/mol. The van der Waals surface area contributed by atoms with Crippen molar-refractivity contribution in [3.05, 3.63) is 70.3 Å². The molecule has 43 heavy (non-hydrogen) atoms. The van der Waals surface area contributed by atoms with Gasteiger partial charge in [0.2, 0.25) is 0 Å². The molecule has 2 aliphatic rings. The van der Waals surface area contributed by atoms with E-state index in [9.17, 15) is 14.7 Å². The number of hydrogen-bond acceptors (Lipinski definition) is 5. The Morgan fingerprint density at radius 2 is 1.33 bits per heavy atom. The molecule has 0 amide bonds. The number of aryl methyl sites for hydroxylation is 1. The van der Waals surface area contributed by atoms with Gasteiger partial charge < -0.3 is 24.9 Å². The lowest BCUT2D eigenvalue weighted by Crippen LogP contribution is -2.27. The van der Waals surface area contributed by atoms with Gasteiger partial charge in [0.15, 0.2) is 6.10 Å². The zero-order valence-corrected chi connectivity index (χ0v) is 24.4. The highest BCUT2D eigenvalue weighted by molar-refractivity contribution is 5.81. The van der Waals surface area contributed by atoms with Gasteiger partial charge in [-0.15, -0.1) is 0 Å². The number of rotatable bonds is 14. The molecule has 1 unspecified atom stereocenters. The Bertz CT molecular complexity index is 1600. The molecule has 9 heteroatoms. The zero-order valence-electron chi connectivity index (χ0n) is 24.4. The summed E-state index contributed by atoms with van der Waals surface area (Å²) in [5.41, 5.74) is 8.41. The standard InChI is InChI=1S/C34H38N4O5/c1-2-3-4-5-6-7-8-9-26-28-14-10-22(35-28)18-24-12-16-30(37-24)27(21-43-32(34(41)42)20-33(39)40)31-17-13-25(38-31)19-23-11-15-29(26)36-23/h10-19,32,35-36H,2-9,20-21H2,1H3,(H,39,40)(H,41,42). The SMILES string of the molecule is CCCCCCCCCc1c2ccc(cc3nc(c(COC(CC(=O)O)C(=O)O)c4nc(cc5ccc1[nH]5)C=C4)C=C3)[nH]2. The molecule has 0 spiro atoms. The molecule has 0 saturated heterocycles. The minimum atomic E-state index is -1.49. The Hall–Kier alpha value is -4.50. The number of carboxylic acid groups (broad SMARTS) is 2. The van der Waals surface area contributed by atoms with E-state index in [1.54, 1.807) is 0 Å². The Morgan fingerprint density at radius 1 is 0.767 bits per heavy atom. The summed E-state index contributed by atoms with van der Waals surface area (Å²) in [6.07, 6.45) is 15.0. The van der Waals surface area contributed by atoms with E-state index >= 15 is 0 Å². The molecule has 224 valence electrons. The first-order valence-corrected chi connectivity index (χ1v) is 15.0. The maximum atomic E-state index is 11.6. The first kappa shape index (κ1) is 30.0. The summed E-state index contributed by atoms with van der Waals surface area (Å²) in [6, 6.07) is 12.2. The van der Waals surface area contributed by atoms with Crippen molar-refractivity contribution in [2.75, 3.05) is 0 Å². The first-order chi connectivity index (χ1) is 20.9. The van der Waals surface area contributed by atoms with Gasteiger partial charge in [-0.05, 0) is 79.1 Å². The van der Waals surface area contributed by atoms with Crippen LogP contribution in [0.4, 0.5) is 0 Å². The number of nitrogens with one attached hydrogen (secondary N) is 2. The Morgan fingerprint density at radius 3 is 1.86 bits per heavy atom. The van der Waals surface area contributed by atoms with Gasteiger partial charge in [0.25, 0.3) is 0 Å². The van der Waals surface area contributed by atoms with Gasteiger partial charge in [-0.25, -0.2) is 14.8 Å². The van der Waals surface area contributed by atoms with Crippen molar-refractivity contribution >= 4 is 58.3 Å². The van der Waals surface area contributed by atoms with Crippen molar-refractivity contribution < 1.29 is 24.5 Å². The topological polar surface area (TPSA) is 141 Å². The molecule has 0 fully saturated rings. The summed E-state index contributed by atoms with van der Waals surface area (Å²) in [4.78, 5) is 39.5. The van der Waals surface area contributed by atoms with Crippen LogP contribution in [0.5, 0.6) is 0 Å². The van der Waals surface area contributed by atoms with Crippen molar-refractivity contribution in [1.82, 2.24) is 19.9 Å². The van der Waals surface area contributed by atoms with Gasteiger partial charge in [0, 0.05) is 27.6 Å². The monoisotopic (exact) mass is 582 g/mol. The van der Waals surface area contributed by atoms with Crippen LogP contribution < -0.4 is 0 Å². The maximum absolute atomic E-state index is 11.6. The third-order valence-corrected chi connectivity index (χ3v) is 7.71. The number of fused-ring (bicyclic) bond motifs is 8. The van der Waals surface area contributed by atoms with Crippen LogP contribution in [-0.4, -0.2) is 48.2 Å². The lowest BCUT2D eigenvalue weighted by Gasteiger charge is -2.12. The number of unbranched alkanes of at least 4 members (excludes halogenated alkanes) is 6. The van der Waals surface area contributed by atoms with Gasteiger partial charge in [-0.1, -0.05) is 45.4 Å². The van der Waals surface area contributed by atoms with Gasteiger partial charge in [-0.2, -0.15) is 0 Å². The van der Waals surface area contributed by atoms with E-state index in [4.69, 9.17) is 19.8 Å². The van der Waals surface area contributed by atoms with E-state index < -0.39 is 24.5 Å². The molecule has 5 heterocycles. The molecule has 4 N–H and O–H groups in total. The number of ether oxygens (including phenoxy) is 1. The van der Waals surface area contributed by atoms with Gasteiger partial charge in [-0.3, -0.25) is 4.79 Å². The normalized spacial score (nSPS) is 13.0. The third-order valence-electron chi connectivity index (χ3n) is 7.71. The molecule has 1 atom stereocenters. The van der Waals surface area contributed by atoms with E-state index in [1.165, 1.54) is 44.1 Å². The molecule has 0 radical (unpaired) electrons. The highest BCUT2D eigenvalue weighted by Crippen LogP contribution is 2.25. The Balaban J connectivity index is 1.54. The summed E-state index contributed by atoms with van der Waals surface area (Å²) in [5, 5.41) is 18.6. The smallest absolute Gasteiger partial charge is 0.333 e. The van der Waals surface area contributed by atoms with E-state index in [1.807, 2.05) is 48.6 Å². The summed E-state index contributed by atoms with van der Waals surface area (Å²) < 4.78 is 5.58. The molecule has 3 aromatic rings. The maximum Gasteiger partial charge on any atom is 0.333 e. The second kappa shape index (κ2) is 14.1. The lowest BCUT2D eigenvalue weighted by atomic mass is 10.0. The number of carbonyl (C=O) groups is 2. The molecular formula is C34H38N4O5. The van der Waals surface area contributed by atoms with Crippen LogP contribution in [0.25, 0.3) is 46.4 Å². The first-order valence-electron chi connectivity index (χ1n) is 15.0. The number of aromatic amines is 2. The number of carboxylic acids is 2. The average molecular weight is 583 g/mol. The largest absolute Gasteiger partial charge is 0.481 e. The van der Waals surface area contributed by atoms with E-state index in [-0.39, 0.29) is 6.61 Å². The van der Waals surface area contributed by atoms with Crippen LogP contribution in [0.3, 0.4) is 0 Å². The van der Waals surface area contributed by atoms with Gasteiger partial charge in [0.05, 0.1) is 35.8 Å². The molecule has 0 aliphatic carbocycles. The lowest BCUT2D eigenvalue weighted by molar-refractivity contribution is -0.157. The van der Waals surface area contributed by atoms with E-state index in [0.29, 0.717) is 17.0 Å². The minimum absolute atomic E-state index is 0.159. The Kier molecular flexibility index (Phi) is 9.84. The fraction of sp³-hybridized carbons (Fsp3) is 0.353. The van der Waals surface area contributed by atoms with Crippen LogP contribution >= 0.6 is 0 Å². The molecule has 9 nitrogen and oxygen atoms in total. The Labute approximate surface area is 250 Å². The summed E-state index contributed by atoms with van der Waals surface area (Å²) in [5.74, 6) is -2.58. The minimum Gasteiger partial charge on any atom is -0.481 e. The molecule has 0 aromatic carbocycles. The van der Waals surface area contributed by atoms with Crippen molar-refractivity contribution in [3.8, 4) is 0 Å². The fourth-order valence-corrected chi connectivity index (χ4v) is 5.43. The average Bonchev–Trinajstić information content (AvgIpc) is 3.79. The molecule has 2 aliphatic heterocycles. The summed E-state index contributed by atoms with van der Waals surface area (Å²) in [7, 11) is 0. The predicted octanol–water partition coefficient (Wildman–Crippen LogP) is 7.39. The molecule has 3 aromatic heterocycles. The highest BCUT2D eigenvalue weighted by Gasteiger charge is 2.23. The summed E-state index contributed by atoms with van der Waals surface area (Å²) >= 11 is 0. The van der Waals surface area contributed by atoms with Crippen molar-refractivity contribution in [1.29, 1.82) is 0 Å². The fourth-order valence-electron chi connectivity index (χ4n) is 5.43. The molecule has 0 saturated carbocycles. The van der Waals surface area contributed by atoms with Crippen LogP contribution in [0.1, 0.15) is 92.2 Å². The number of hydrogen-bond donors (Lipinski definition) is 4.